The Balaban J connectivity index is 1.57. The fourth-order valence-corrected chi connectivity index (χ4v) is 3.13. The molecule has 0 saturated heterocycles. The molecule has 0 aliphatic rings. The molecule has 2 heterocycles. The van der Waals surface area contributed by atoms with E-state index in [0.717, 1.165) is 0 Å². The van der Waals surface area contributed by atoms with Gasteiger partial charge in [-0.2, -0.15) is 0 Å². The third-order valence-electron chi connectivity index (χ3n) is 3.72. The number of anilines is 1. The fourth-order valence-electron chi connectivity index (χ4n) is 2.42. The lowest BCUT2D eigenvalue weighted by Gasteiger charge is -2.04. The van der Waals surface area contributed by atoms with Gasteiger partial charge in [-0.1, -0.05) is 12.1 Å². The van der Waals surface area contributed by atoms with Gasteiger partial charge in [-0.15, -0.1) is 11.3 Å². The number of aromatic nitrogens is 1. The van der Waals surface area contributed by atoms with Crippen molar-refractivity contribution >= 4 is 34.0 Å². The molecule has 0 aliphatic heterocycles. The van der Waals surface area contributed by atoms with Crippen molar-refractivity contribution in [2.75, 3.05) is 11.9 Å². The number of carbonyl (C=O) groups excluding carboxylic acids is 2. The first-order chi connectivity index (χ1) is 14.5. The number of nitrogens with zero attached hydrogens (tertiary/aromatic N) is 2. The van der Waals surface area contributed by atoms with E-state index in [9.17, 15) is 19.7 Å². The number of esters is 1. The van der Waals surface area contributed by atoms with Crippen LogP contribution in [0.4, 0.5) is 10.8 Å². The minimum Gasteiger partial charge on any atom is -0.479 e. The molecule has 156 valence electrons. The Kier molecular flexibility index (Phi) is 6.75. The van der Waals surface area contributed by atoms with Crippen molar-refractivity contribution in [2.24, 2.45) is 0 Å². The van der Waals surface area contributed by atoms with Crippen LogP contribution in [-0.2, 0) is 22.6 Å². The van der Waals surface area contributed by atoms with Crippen LogP contribution in [0.1, 0.15) is 28.9 Å². The van der Waals surface area contributed by atoms with Crippen LogP contribution < -0.4 is 10.1 Å². The minimum absolute atomic E-state index is 0.0219. The molecule has 3 rings (SSSR count). The first-order valence-electron chi connectivity index (χ1n) is 8.82. The van der Waals surface area contributed by atoms with Crippen LogP contribution in [0.25, 0.3) is 0 Å². The zero-order chi connectivity index (χ0) is 21.5. The van der Waals surface area contributed by atoms with Crippen molar-refractivity contribution < 1.29 is 28.4 Å². The predicted molar refractivity (Wildman–Crippen MR) is 107 cm³/mol. The number of thiazole rings is 1. The molecule has 10 nitrogen and oxygen atoms in total. The highest BCUT2D eigenvalue weighted by molar-refractivity contribution is 7.14. The maximum absolute atomic E-state index is 12.3. The Bertz CT molecular complexity index is 1060. The Morgan fingerprint density at radius 3 is 2.83 bits per heavy atom. The standard InChI is InChI=1S/C19H17N3O7S/c1-2-27-17(23)9-12-11-30-19(20-12)21-18(24)16-8-7-13(29-16)10-28-15-6-4-3-5-14(15)22(25)26/h3-8,11H,2,9-10H2,1H3,(H,20,21,24). The van der Waals surface area contributed by atoms with Crippen molar-refractivity contribution in [1.82, 2.24) is 4.98 Å². The van der Waals surface area contributed by atoms with Gasteiger partial charge in [0.2, 0.25) is 0 Å². The average molecular weight is 431 g/mol. The van der Waals surface area contributed by atoms with Crippen LogP contribution in [0.3, 0.4) is 0 Å². The molecule has 0 bridgehead atoms. The van der Waals surface area contributed by atoms with Gasteiger partial charge in [-0.25, -0.2) is 4.98 Å². The number of para-hydroxylation sites is 2. The third-order valence-corrected chi connectivity index (χ3v) is 4.53. The summed E-state index contributed by atoms with van der Waals surface area (Å²) in [7, 11) is 0. The molecule has 0 spiro atoms. The molecule has 0 fully saturated rings. The number of benzene rings is 1. The molecule has 0 radical (unpaired) electrons. The molecular weight excluding hydrogens is 414 g/mol. The Labute approximate surface area is 174 Å². The van der Waals surface area contributed by atoms with E-state index in [0.29, 0.717) is 16.6 Å². The lowest BCUT2D eigenvalue weighted by Crippen LogP contribution is -2.11. The van der Waals surface area contributed by atoms with E-state index in [1.165, 1.54) is 41.7 Å². The number of nitro groups is 1. The summed E-state index contributed by atoms with van der Waals surface area (Å²) in [6.07, 6.45) is 0.0219. The van der Waals surface area contributed by atoms with Gasteiger partial charge in [-0.05, 0) is 25.1 Å². The van der Waals surface area contributed by atoms with Crippen molar-refractivity contribution in [2.45, 2.75) is 20.0 Å². The van der Waals surface area contributed by atoms with Crippen LogP contribution in [0.15, 0.2) is 46.2 Å². The topological polar surface area (TPSA) is 134 Å². The summed E-state index contributed by atoms with van der Waals surface area (Å²) in [6.45, 7) is 1.92. The smallest absolute Gasteiger partial charge is 0.311 e. The molecule has 2 aromatic heterocycles. The zero-order valence-corrected chi connectivity index (χ0v) is 16.6. The van der Waals surface area contributed by atoms with E-state index >= 15 is 0 Å². The number of hydrogen-bond acceptors (Lipinski definition) is 9. The number of hydrogen-bond donors (Lipinski definition) is 1. The van der Waals surface area contributed by atoms with Crippen molar-refractivity contribution in [3.8, 4) is 5.75 Å². The van der Waals surface area contributed by atoms with E-state index < -0.39 is 16.8 Å². The highest BCUT2D eigenvalue weighted by Gasteiger charge is 2.17. The van der Waals surface area contributed by atoms with Gasteiger partial charge in [0, 0.05) is 11.4 Å². The highest BCUT2D eigenvalue weighted by Crippen LogP contribution is 2.27. The molecular formula is C19H17N3O7S. The van der Waals surface area contributed by atoms with E-state index in [2.05, 4.69) is 10.3 Å². The lowest BCUT2D eigenvalue weighted by atomic mass is 10.3. The summed E-state index contributed by atoms with van der Waals surface area (Å²) >= 11 is 1.17. The van der Waals surface area contributed by atoms with E-state index in [1.54, 1.807) is 18.4 Å². The van der Waals surface area contributed by atoms with Crippen LogP contribution in [0, 0.1) is 10.1 Å². The number of rotatable bonds is 9. The number of nitrogens with one attached hydrogen (secondary N) is 1. The van der Waals surface area contributed by atoms with Crippen molar-refractivity contribution in [3.05, 3.63) is 69.1 Å². The number of ether oxygens (including phenoxy) is 2. The summed E-state index contributed by atoms with van der Waals surface area (Å²) in [5.41, 5.74) is 0.330. The van der Waals surface area contributed by atoms with E-state index in [1.807, 2.05) is 0 Å². The molecule has 1 amide bonds. The summed E-state index contributed by atoms with van der Waals surface area (Å²) in [5.74, 6) is -0.473. The molecule has 3 aromatic rings. The maximum atomic E-state index is 12.3. The number of nitro benzene ring substituents is 1. The van der Waals surface area contributed by atoms with Gasteiger partial charge in [-0.3, -0.25) is 25.0 Å². The first kappa shape index (κ1) is 21.0. The molecule has 0 unspecified atom stereocenters. The molecule has 11 heteroatoms. The third kappa shape index (κ3) is 5.41. The fraction of sp³-hybridized carbons (Fsp3) is 0.211. The molecule has 1 N–H and O–H groups in total. The van der Waals surface area contributed by atoms with Crippen LogP contribution in [0.5, 0.6) is 5.75 Å². The van der Waals surface area contributed by atoms with Gasteiger partial charge in [0.25, 0.3) is 5.91 Å². The summed E-state index contributed by atoms with van der Waals surface area (Å²) in [6, 6.07) is 8.97. The van der Waals surface area contributed by atoms with Gasteiger partial charge < -0.3 is 13.9 Å². The largest absolute Gasteiger partial charge is 0.479 e. The Morgan fingerprint density at radius 1 is 1.27 bits per heavy atom. The number of amides is 1. The van der Waals surface area contributed by atoms with E-state index in [-0.39, 0.29) is 36.8 Å². The second-order valence-electron chi connectivity index (χ2n) is 5.86. The normalized spacial score (nSPS) is 10.4. The van der Waals surface area contributed by atoms with Crippen LogP contribution >= 0.6 is 11.3 Å². The van der Waals surface area contributed by atoms with Crippen LogP contribution in [-0.4, -0.2) is 28.4 Å². The SMILES string of the molecule is CCOC(=O)Cc1csc(NC(=O)c2ccc(COc3ccccc3[N+](=O)[O-])o2)n1. The summed E-state index contributed by atoms with van der Waals surface area (Å²) in [4.78, 5) is 38.4. The molecule has 0 saturated carbocycles. The Hall–Kier alpha value is -3.73. The van der Waals surface area contributed by atoms with Gasteiger partial charge in [0.05, 0.1) is 23.6 Å². The molecule has 30 heavy (non-hydrogen) atoms. The maximum Gasteiger partial charge on any atom is 0.311 e. The van der Waals surface area contributed by atoms with Crippen molar-refractivity contribution in [1.29, 1.82) is 0 Å². The number of carbonyl (C=O) groups is 2. The molecule has 1 aromatic carbocycles. The summed E-state index contributed by atoms with van der Waals surface area (Å²) < 4.78 is 15.7. The predicted octanol–water partition coefficient (Wildman–Crippen LogP) is 3.58. The quantitative estimate of drug-likeness (QED) is 0.309. The minimum atomic E-state index is -0.541. The monoisotopic (exact) mass is 431 g/mol. The second-order valence-corrected chi connectivity index (χ2v) is 6.72. The van der Waals surface area contributed by atoms with Gasteiger partial charge in [0.1, 0.15) is 12.4 Å². The van der Waals surface area contributed by atoms with Gasteiger partial charge in [0.15, 0.2) is 16.6 Å². The average Bonchev–Trinajstić information content (AvgIpc) is 3.36. The second kappa shape index (κ2) is 9.65. The molecule has 0 atom stereocenters. The lowest BCUT2D eigenvalue weighted by molar-refractivity contribution is -0.386. The number of furan rings is 1. The van der Waals surface area contributed by atoms with Crippen molar-refractivity contribution in [3.63, 3.8) is 0 Å². The first-order valence-corrected chi connectivity index (χ1v) is 9.70. The van der Waals surface area contributed by atoms with Crippen LogP contribution in [0.2, 0.25) is 0 Å². The zero-order valence-electron chi connectivity index (χ0n) is 15.8. The highest BCUT2D eigenvalue weighted by atomic mass is 32.1. The molecule has 0 aliphatic carbocycles. The Morgan fingerprint density at radius 2 is 2.07 bits per heavy atom. The van der Waals surface area contributed by atoms with Gasteiger partial charge >= 0.3 is 11.7 Å². The van der Waals surface area contributed by atoms with E-state index in [4.69, 9.17) is 13.9 Å². The summed E-state index contributed by atoms with van der Waals surface area (Å²) in [5, 5.41) is 15.6.